The van der Waals surface area contributed by atoms with Crippen LogP contribution in [0.25, 0.3) is 0 Å². The van der Waals surface area contributed by atoms with Crippen LogP contribution in [-0.2, 0) is 9.53 Å². The van der Waals surface area contributed by atoms with Crippen LogP contribution in [0.3, 0.4) is 0 Å². The molecule has 148 valence electrons. The molecule has 2 unspecified atom stereocenters. The van der Waals surface area contributed by atoms with Crippen LogP contribution in [-0.4, -0.2) is 49.9 Å². The van der Waals surface area contributed by atoms with Gasteiger partial charge in [-0.1, -0.05) is 12.1 Å². The van der Waals surface area contributed by atoms with Gasteiger partial charge in [0.2, 0.25) is 0 Å². The third-order valence-corrected chi connectivity index (χ3v) is 5.78. The number of benzene rings is 2. The van der Waals surface area contributed by atoms with Crippen molar-refractivity contribution in [1.29, 1.82) is 0 Å². The fourth-order valence-corrected chi connectivity index (χ4v) is 4.45. The predicted molar refractivity (Wildman–Crippen MR) is 103 cm³/mol. The van der Waals surface area contributed by atoms with Gasteiger partial charge in [-0.25, -0.2) is 9.18 Å². The van der Waals surface area contributed by atoms with E-state index in [0.717, 1.165) is 5.56 Å². The standard InChI is InChI=1S/C20H20FNO5S/c1-25-15-8-13(9-16(10-15)26-2)18(23)22-17(20(24)27-3)11-28-19(22)12-4-6-14(21)7-5-12/h4-10,17,19H,11H2,1-3H3. The van der Waals surface area contributed by atoms with Crippen molar-refractivity contribution in [2.75, 3.05) is 27.1 Å². The first-order valence-electron chi connectivity index (χ1n) is 8.49. The van der Waals surface area contributed by atoms with Crippen LogP contribution in [0.1, 0.15) is 21.3 Å². The monoisotopic (exact) mass is 405 g/mol. The smallest absolute Gasteiger partial charge is 0.329 e. The highest BCUT2D eigenvalue weighted by atomic mass is 32.2. The van der Waals surface area contributed by atoms with Crippen molar-refractivity contribution < 1.29 is 28.2 Å². The van der Waals surface area contributed by atoms with E-state index in [1.54, 1.807) is 30.3 Å². The van der Waals surface area contributed by atoms with E-state index in [1.807, 2.05) is 0 Å². The number of rotatable bonds is 5. The lowest BCUT2D eigenvalue weighted by molar-refractivity contribution is -0.145. The number of hydrogen-bond acceptors (Lipinski definition) is 6. The summed E-state index contributed by atoms with van der Waals surface area (Å²) in [5, 5.41) is -0.450. The molecule has 8 heteroatoms. The molecule has 0 bridgehead atoms. The molecule has 1 aliphatic rings. The van der Waals surface area contributed by atoms with E-state index in [2.05, 4.69) is 0 Å². The van der Waals surface area contributed by atoms with Gasteiger partial charge in [-0.15, -0.1) is 11.8 Å². The van der Waals surface area contributed by atoms with Crippen LogP contribution in [0.5, 0.6) is 11.5 Å². The molecule has 0 aliphatic carbocycles. The molecule has 0 spiro atoms. The molecule has 28 heavy (non-hydrogen) atoms. The topological polar surface area (TPSA) is 65.1 Å². The second kappa shape index (κ2) is 8.52. The zero-order valence-electron chi connectivity index (χ0n) is 15.7. The largest absolute Gasteiger partial charge is 0.497 e. The Kier molecular flexibility index (Phi) is 6.08. The lowest BCUT2D eigenvalue weighted by Crippen LogP contribution is -2.43. The Labute approximate surface area is 166 Å². The van der Waals surface area contributed by atoms with Gasteiger partial charge in [-0.3, -0.25) is 4.79 Å². The third kappa shape index (κ3) is 3.91. The number of carbonyl (C=O) groups excluding carboxylic acids is 2. The van der Waals surface area contributed by atoms with Gasteiger partial charge in [-0.2, -0.15) is 0 Å². The molecule has 1 saturated heterocycles. The lowest BCUT2D eigenvalue weighted by atomic mass is 10.1. The molecule has 6 nitrogen and oxygen atoms in total. The summed E-state index contributed by atoms with van der Waals surface area (Å²) in [6.07, 6.45) is 0. The average molecular weight is 405 g/mol. The Bertz CT molecular complexity index is 851. The Morgan fingerprint density at radius 2 is 1.64 bits per heavy atom. The summed E-state index contributed by atoms with van der Waals surface area (Å²) >= 11 is 1.42. The fraction of sp³-hybridized carbons (Fsp3) is 0.300. The maximum Gasteiger partial charge on any atom is 0.329 e. The highest BCUT2D eigenvalue weighted by Crippen LogP contribution is 2.43. The van der Waals surface area contributed by atoms with Crippen LogP contribution in [0.2, 0.25) is 0 Å². The van der Waals surface area contributed by atoms with Crippen LogP contribution < -0.4 is 9.47 Å². The lowest BCUT2D eigenvalue weighted by Gasteiger charge is -2.28. The SMILES string of the molecule is COC(=O)C1CSC(c2ccc(F)cc2)N1C(=O)c1cc(OC)cc(OC)c1. The van der Waals surface area contributed by atoms with E-state index in [-0.39, 0.29) is 11.7 Å². The summed E-state index contributed by atoms with van der Waals surface area (Å²) in [5.74, 6) is 0.0607. The van der Waals surface area contributed by atoms with Crippen molar-refractivity contribution in [1.82, 2.24) is 4.90 Å². The molecule has 0 saturated carbocycles. The van der Waals surface area contributed by atoms with Gasteiger partial charge in [0.25, 0.3) is 5.91 Å². The first kappa shape index (κ1) is 20.0. The molecule has 1 fully saturated rings. The molecule has 2 aromatic rings. The number of ether oxygens (including phenoxy) is 3. The van der Waals surface area contributed by atoms with Crippen LogP contribution in [0.15, 0.2) is 42.5 Å². The minimum absolute atomic E-state index is 0.319. The maximum atomic E-state index is 13.4. The van der Waals surface area contributed by atoms with E-state index < -0.39 is 17.4 Å². The summed E-state index contributed by atoms with van der Waals surface area (Å²) in [6.45, 7) is 0. The van der Waals surface area contributed by atoms with Gasteiger partial charge in [0.15, 0.2) is 0 Å². The average Bonchev–Trinajstić information content (AvgIpc) is 3.17. The van der Waals surface area contributed by atoms with Gasteiger partial charge >= 0.3 is 5.97 Å². The number of carbonyl (C=O) groups is 2. The highest BCUT2D eigenvalue weighted by Gasteiger charge is 2.43. The number of methoxy groups -OCH3 is 3. The second-order valence-corrected chi connectivity index (χ2v) is 7.20. The molecule has 0 radical (unpaired) electrons. The van der Waals surface area contributed by atoms with Crippen molar-refractivity contribution in [2.24, 2.45) is 0 Å². The molecule has 1 heterocycles. The Balaban J connectivity index is 2.02. The first-order valence-corrected chi connectivity index (χ1v) is 9.54. The minimum atomic E-state index is -0.755. The summed E-state index contributed by atoms with van der Waals surface area (Å²) in [5.41, 5.74) is 1.04. The molecule has 3 rings (SSSR count). The fourth-order valence-electron chi connectivity index (χ4n) is 3.04. The van der Waals surface area contributed by atoms with Crippen molar-refractivity contribution in [3.63, 3.8) is 0 Å². The minimum Gasteiger partial charge on any atom is -0.497 e. The van der Waals surface area contributed by atoms with Crippen molar-refractivity contribution in [3.05, 3.63) is 59.4 Å². The second-order valence-electron chi connectivity index (χ2n) is 6.09. The van der Waals surface area contributed by atoms with Crippen LogP contribution in [0, 0.1) is 5.82 Å². The van der Waals surface area contributed by atoms with E-state index in [4.69, 9.17) is 14.2 Å². The Morgan fingerprint density at radius 1 is 1.04 bits per heavy atom. The number of halogens is 1. The van der Waals surface area contributed by atoms with Crippen LogP contribution in [0.4, 0.5) is 4.39 Å². The van der Waals surface area contributed by atoms with Crippen molar-refractivity contribution in [3.8, 4) is 11.5 Å². The summed E-state index contributed by atoms with van der Waals surface area (Å²) in [6, 6.07) is 9.96. The van der Waals surface area contributed by atoms with Gasteiger partial charge in [0.05, 0.1) is 21.3 Å². The van der Waals surface area contributed by atoms with E-state index >= 15 is 0 Å². The number of amides is 1. The molecule has 0 N–H and O–H groups in total. The van der Waals surface area contributed by atoms with Gasteiger partial charge in [0.1, 0.15) is 28.7 Å². The molecular formula is C20H20FNO5S. The van der Waals surface area contributed by atoms with E-state index in [0.29, 0.717) is 22.8 Å². The quantitative estimate of drug-likeness (QED) is 0.712. The molecular weight excluding hydrogens is 385 g/mol. The number of thioether (sulfide) groups is 1. The molecule has 2 atom stereocenters. The number of nitrogens with zero attached hydrogens (tertiary/aromatic N) is 1. The van der Waals surface area contributed by atoms with Crippen molar-refractivity contribution in [2.45, 2.75) is 11.4 Å². The molecule has 1 amide bonds. The highest BCUT2D eigenvalue weighted by molar-refractivity contribution is 7.99. The summed E-state index contributed by atoms with van der Waals surface area (Å²) in [7, 11) is 4.27. The number of esters is 1. The summed E-state index contributed by atoms with van der Waals surface area (Å²) < 4.78 is 28.7. The third-order valence-electron chi connectivity index (χ3n) is 4.46. The Hall–Kier alpha value is -2.74. The van der Waals surface area contributed by atoms with Gasteiger partial charge in [0, 0.05) is 17.4 Å². The first-order chi connectivity index (χ1) is 13.5. The molecule has 2 aromatic carbocycles. The predicted octanol–water partition coefficient (Wildman–Crippen LogP) is 3.27. The zero-order chi connectivity index (χ0) is 20.3. The summed E-state index contributed by atoms with van der Waals surface area (Å²) in [4.78, 5) is 27.2. The van der Waals surface area contributed by atoms with Gasteiger partial charge in [-0.05, 0) is 29.8 Å². The molecule has 0 aromatic heterocycles. The zero-order valence-corrected chi connectivity index (χ0v) is 16.5. The number of hydrogen-bond donors (Lipinski definition) is 0. The van der Waals surface area contributed by atoms with Crippen LogP contribution >= 0.6 is 11.8 Å². The van der Waals surface area contributed by atoms with E-state index in [9.17, 15) is 14.0 Å². The maximum absolute atomic E-state index is 13.4. The molecule has 1 aliphatic heterocycles. The normalized spacial score (nSPS) is 18.6. The van der Waals surface area contributed by atoms with Gasteiger partial charge < -0.3 is 19.1 Å². The van der Waals surface area contributed by atoms with E-state index in [1.165, 1.54) is 50.1 Å². The Morgan fingerprint density at radius 3 is 2.18 bits per heavy atom. The van der Waals surface area contributed by atoms with Crippen molar-refractivity contribution >= 4 is 23.6 Å².